The van der Waals surface area contributed by atoms with Crippen LogP contribution in [0.4, 0.5) is 0 Å². The summed E-state index contributed by atoms with van der Waals surface area (Å²) in [5.41, 5.74) is 5.78. The van der Waals surface area contributed by atoms with Crippen molar-refractivity contribution >= 4 is 11.9 Å². The summed E-state index contributed by atoms with van der Waals surface area (Å²) in [6.45, 7) is 5.69. The van der Waals surface area contributed by atoms with Crippen molar-refractivity contribution in [2.75, 3.05) is 0 Å². The number of carboxylic acid groups (broad SMARTS) is 1. The molecule has 0 aromatic carbocycles. The molecule has 0 aromatic rings. The molecule has 0 fully saturated rings. The van der Waals surface area contributed by atoms with E-state index in [0.717, 1.165) is 25.7 Å². The normalized spacial score (nSPS) is 15.6. The maximum atomic E-state index is 11.7. The topological polar surface area (TPSA) is 92.4 Å². The van der Waals surface area contributed by atoms with E-state index in [-0.39, 0.29) is 17.9 Å². The van der Waals surface area contributed by atoms with Gasteiger partial charge in [0.15, 0.2) is 0 Å². The van der Waals surface area contributed by atoms with Crippen LogP contribution in [0.25, 0.3) is 0 Å². The highest BCUT2D eigenvalue weighted by molar-refractivity contribution is 5.81. The number of carbonyl (C=O) groups excluding carboxylic acids is 1. The monoisotopic (exact) mass is 272 g/mol. The summed E-state index contributed by atoms with van der Waals surface area (Å²) in [5, 5.41) is 11.6. The lowest BCUT2D eigenvalue weighted by atomic mass is 10.0. The predicted molar refractivity (Wildman–Crippen MR) is 75.8 cm³/mol. The fraction of sp³-hybridized carbons (Fsp3) is 0.857. The number of hydrogen-bond acceptors (Lipinski definition) is 3. The number of carboxylic acids is 1. The highest BCUT2D eigenvalue weighted by Gasteiger charge is 2.16. The van der Waals surface area contributed by atoms with Gasteiger partial charge in [0, 0.05) is 6.04 Å². The maximum absolute atomic E-state index is 11.7. The molecule has 3 unspecified atom stereocenters. The lowest BCUT2D eigenvalue weighted by Crippen LogP contribution is -2.44. The quantitative estimate of drug-likeness (QED) is 0.566. The first kappa shape index (κ1) is 17.9. The van der Waals surface area contributed by atoms with Gasteiger partial charge in [-0.25, -0.2) is 0 Å². The zero-order chi connectivity index (χ0) is 14.8. The van der Waals surface area contributed by atoms with Crippen molar-refractivity contribution in [3.63, 3.8) is 0 Å². The molecule has 19 heavy (non-hydrogen) atoms. The number of aliphatic carboxylic acids is 1. The van der Waals surface area contributed by atoms with Gasteiger partial charge in [0.05, 0.1) is 12.0 Å². The van der Waals surface area contributed by atoms with E-state index in [1.165, 1.54) is 0 Å². The minimum absolute atomic E-state index is 0.0428. The Morgan fingerprint density at radius 1 is 1.16 bits per heavy atom. The van der Waals surface area contributed by atoms with Crippen molar-refractivity contribution in [3.05, 3.63) is 0 Å². The molecule has 0 saturated heterocycles. The van der Waals surface area contributed by atoms with E-state index in [0.29, 0.717) is 12.8 Å². The third-order valence-corrected chi connectivity index (χ3v) is 3.29. The van der Waals surface area contributed by atoms with Crippen LogP contribution >= 0.6 is 0 Å². The smallest absolute Gasteiger partial charge is 0.306 e. The molecule has 0 bridgehead atoms. The summed E-state index contributed by atoms with van der Waals surface area (Å²) in [5.74, 6) is -1.19. The Labute approximate surface area is 115 Å². The van der Waals surface area contributed by atoms with Crippen LogP contribution in [0.1, 0.15) is 59.3 Å². The Morgan fingerprint density at radius 3 is 2.32 bits per heavy atom. The molecule has 0 aliphatic rings. The minimum Gasteiger partial charge on any atom is -0.481 e. The van der Waals surface area contributed by atoms with Gasteiger partial charge in [0.2, 0.25) is 5.91 Å². The molecule has 0 aliphatic heterocycles. The molecule has 0 radical (unpaired) electrons. The standard InChI is InChI=1S/C14H28N2O3/c1-4-5-9-12(15)13(17)16-11(3)8-6-7-10(2)14(18)19/h10-12H,4-9,15H2,1-3H3,(H,16,17)(H,18,19). The maximum Gasteiger partial charge on any atom is 0.306 e. The highest BCUT2D eigenvalue weighted by atomic mass is 16.4. The average molecular weight is 272 g/mol. The Bertz CT molecular complexity index is 282. The SMILES string of the molecule is CCCCC(N)C(=O)NC(C)CCCC(C)C(=O)O. The predicted octanol–water partition coefficient (Wildman–Crippen LogP) is 1.90. The third-order valence-electron chi connectivity index (χ3n) is 3.29. The molecule has 0 aromatic heterocycles. The van der Waals surface area contributed by atoms with Crippen LogP contribution in [0.2, 0.25) is 0 Å². The van der Waals surface area contributed by atoms with E-state index in [2.05, 4.69) is 12.2 Å². The summed E-state index contributed by atoms with van der Waals surface area (Å²) in [6, 6.07) is -0.387. The van der Waals surface area contributed by atoms with Crippen molar-refractivity contribution in [2.24, 2.45) is 11.7 Å². The summed E-state index contributed by atoms with van der Waals surface area (Å²) in [4.78, 5) is 22.4. The molecule has 3 atom stereocenters. The van der Waals surface area contributed by atoms with Crippen molar-refractivity contribution in [3.8, 4) is 0 Å². The van der Waals surface area contributed by atoms with Gasteiger partial charge in [-0.05, 0) is 26.2 Å². The van der Waals surface area contributed by atoms with Crippen molar-refractivity contribution in [1.29, 1.82) is 0 Å². The molecule has 0 saturated carbocycles. The molecule has 1 amide bonds. The van der Waals surface area contributed by atoms with E-state index in [1.807, 2.05) is 6.92 Å². The number of hydrogen-bond donors (Lipinski definition) is 3. The van der Waals surface area contributed by atoms with Gasteiger partial charge in [0.25, 0.3) is 0 Å². The summed E-state index contributed by atoms with van der Waals surface area (Å²) in [7, 11) is 0. The lowest BCUT2D eigenvalue weighted by Gasteiger charge is -2.17. The first-order valence-electron chi connectivity index (χ1n) is 7.17. The van der Waals surface area contributed by atoms with E-state index in [4.69, 9.17) is 10.8 Å². The number of amides is 1. The zero-order valence-corrected chi connectivity index (χ0v) is 12.3. The average Bonchev–Trinajstić information content (AvgIpc) is 2.35. The second-order valence-corrected chi connectivity index (χ2v) is 5.33. The number of unbranched alkanes of at least 4 members (excludes halogenated alkanes) is 1. The fourth-order valence-electron chi connectivity index (χ4n) is 1.83. The van der Waals surface area contributed by atoms with Gasteiger partial charge >= 0.3 is 5.97 Å². The number of nitrogens with two attached hydrogens (primary N) is 1. The van der Waals surface area contributed by atoms with Crippen LogP contribution in [0.3, 0.4) is 0 Å². The zero-order valence-electron chi connectivity index (χ0n) is 12.3. The molecule has 5 heteroatoms. The molecule has 112 valence electrons. The Balaban J connectivity index is 3.81. The lowest BCUT2D eigenvalue weighted by molar-refractivity contribution is -0.141. The van der Waals surface area contributed by atoms with Gasteiger partial charge in [-0.3, -0.25) is 9.59 Å². The summed E-state index contributed by atoms with van der Waals surface area (Å²) < 4.78 is 0. The molecule has 0 heterocycles. The minimum atomic E-state index is -0.765. The van der Waals surface area contributed by atoms with Crippen LogP contribution < -0.4 is 11.1 Å². The second kappa shape index (κ2) is 9.78. The summed E-state index contributed by atoms with van der Waals surface area (Å²) in [6.07, 6.45) is 4.91. The van der Waals surface area contributed by atoms with Crippen LogP contribution in [0, 0.1) is 5.92 Å². The first-order chi connectivity index (χ1) is 8.88. The van der Waals surface area contributed by atoms with Crippen LogP contribution in [0.15, 0.2) is 0 Å². The second-order valence-electron chi connectivity index (χ2n) is 5.33. The largest absolute Gasteiger partial charge is 0.481 e. The van der Waals surface area contributed by atoms with Crippen molar-refractivity contribution < 1.29 is 14.7 Å². The van der Waals surface area contributed by atoms with Crippen LogP contribution in [-0.2, 0) is 9.59 Å². The number of nitrogens with one attached hydrogen (secondary N) is 1. The Morgan fingerprint density at radius 2 is 1.79 bits per heavy atom. The Kier molecular flexibility index (Phi) is 9.21. The van der Waals surface area contributed by atoms with Crippen LogP contribution in [0.5, 0.6) is 0 Å². The molecular weight excluding hydrogens is 244 g/mol. The first-order valence-corrected chi connectivity index (χ1v) is 7.17. The van der Waals surface area contributed by atoms with E-state index >= 15 is 0 Å². The fourth-order valence-corrected chi connectivity index (χ4v) is 1.83. The third kappa shape index (κ3) is 8.59. The van der Waals surface area contributed by atoms with E-state index < -0.39 is 12.0 Å². The van der Waals surface area contributed by atoms with Crippen molar-refractivity contribution in [1.82, 2.24) is 5.32 Å². The van der Waals surface area contributed by atoms with Gasteiger partial charge in [-0.15, -0.1) is 0 Å². The molecule has 0 aliphatic carbocycles. The number of carbonyl (C=O) groups is 2. The molecular formula is C14H28N2O3. The van der Waals surface area contributed by atoms with Gasteiger partial charge in [0.1, 0.15) is 0 Å². The Hall–Kier alpha value is -1.10. The van der Waals surface area contributed by atoms with Gasteiger partial charge in [-0.2, -0.15) is 0 Å². The molecule has 5 nitrogen and oxygen atoms in total. The van der Waals surface area contributed by atoms with Crippen LogP contribution in [-0.4, -0.2) is 29.1 Å². The molecule has 0 spiro atoms. The van der Waals surface area contributed by atoms with E-state index in [9.17, 15) is 9.59 Å². The molecule has 4 N–H and O–H groups in total. The molecule has 0 rings (SSSR count). The van der Waals surface area contributed by atoms with Gasteiger partial charge < -0.3 is 16.2 Å². The highest BCUT2D eigenvalue weighted by Crippen LogP contribution is 2.09. The number of rotatable bonds is 10. The van der Waals surface area contributed by atoms with Crippen molar-refractivity contribution in [2.45, 2.75) is 71.4 Å². The van der Waals surface area contributed by atoms with Gasteiger partial charge in [-0.1, -0.05) is 33.1 Å². The van der Waals surface area contributed by atoms with E-state index in [1.54, 1.807) is 6.92 Å². The summed E-state index contributed by atoms with van der Waals surface area (Å²) >= 11 is 0.